The van der Waals surface area contributed by atoms with Crippen molar-refractivity contribution in [1.29, 1.82) is 0 Å². The van der Waals surface area contributed by atoms with Crippen LogP contribution in [0.2, 0.25) is 0 Å². The van der Waals surface area contributed by atoms with Crippen LogP contribution >= 0.6 is 0 Å². The van der Waals surface area contributed by atoms with E-state index in [4.69, 9.17) is 9.47 Å². The zero-order valence-electron chi connectivity index (χ0n) is 18.4. The number of carbonyl (C=O) groups excluding carboxylic acids is 1. The molecule has 1 amide bonds. The van der Waals surface area contributed by atoms with Gasteiger partial charge < -0.3 is 14.8 Å². The summed E-state index contributed by atoms with van der Waals surface area (Å²) in [7, 11) is -0.604. The van der Waals surface area contributed by atoms with Gasteiger partial charge in [-0.1, -0.05) is 0 Å². The summed E-state index contributed by atoms with van der Waals surface area (Å²) in [4.78, 5) is 17.5. The lowest BCUT2D eigenvalue weighted by Gasteiger charge is -2.26. The number of hydrogen-bond acceptors (Lipinski definition) is 7. The Labute approximate surface area is 186 Å². The van der Waals surface area contributed by atoms with E-state index in [0.717, 1.165) is 11.1 Å². The van der Waals surface area contributed by atoms with Crippen molar-refractivity contribution in [2.24, 2.45) is 7.05 Å². The van der Waals surface area contributed by atoms with E-state index in [1.807, 2.05) is 6.92 Å². The van der Waals surface area contributed by atoms with Gasteiger partial charge >= 0.3 is 0 Å². The number of nitrogens with zero attached hydrogens (tertiary/aromatic N) is 4. The fourth-order valence-corrected chi connectivity index (χ4v) is 5.33. The molecule has 1 saturated heterocycles. The van der Waals surface area contributed by atoms with Gasteiger partial charge in [0, 0.05) is 31.2 Å². The number of ether oxygens (including phenoxy) is 2. The first kappa shape index (κ1) is 22.2. The van der Waals surface area contributed by atoms with E-state index in [1.165, 1.54) is 23.5 Å². The molecule has 0 aliphatic carbocycles. The van der Waals surface area contributed by atoms with Gasteiger partial charge in [0.15, 0.2) is 5.65 Å². The van der Waals surface area contributed by atoms with Crippen LogP contribution in [0.1, 0.15) is 21.7 Å². The van der Waals surface area contributed by atoms with Crippen LogP contribution < -0.4 is 10.1 Å². The molecule has 0 radical (unpaired) electrons. The molecule has 0 atom stereocenters. The number of aromatic nitrogens is 3. The summed E-state index contributed by atoms with van der Waals surface area (Å²) >= 11 is 0. The summed E-state index contributed by atoms with van der Waals surface area (Å²) in [6.45, 7) is 4.79. The maximum Gasteiger partial charge on any atom is 0.257 e. The Morgan fingerprint density at radius 1 is 1.16 bits per heavy atom. The van der Waals surface area contributed by atoms with Crippen LogP contribution in [0.15, 0.2) is 29.2 Å². The van der Waals surface area contributed by atoms with Crippen molar-refractivity contribution in [3.8, 4) is 5.75 Å². The second-order valence-corrected chi connectivity index (χ2v) is 9.44. The number of benzene rings is 1. The number of aryl methyl sites for hydroxylation is 3. The Kier molecular flexibility index (Phi) is 5.89. The second kappa shape index (κ2) is 8.49. The lowest BCUT2D eigenvalue weighted by Crippen LogP contribution is -2.40. The Bertz CT molecular complexity index is 1300. The van der Waals surface area contributed by atoms with Gasteiger partial charge in [-0.05, 0) is 38.1 Å². The smallest absolute Gasteiger partial charge is 0.257 e. The third-order valence-electron chi connectivity index (χ3n) is 5.44. The van der Waals surface area contributed by atoms with Gasteiger partial charge in [-0.2, -0.15) is 9.40 Å². The molecule has 0 unspecified atom stereocenters. The highest BCUT2D eigenvalue weighted by molar-refractivity contribution is 7.89. The first-order valence-electron chi connectivity index (χ1n) is 10.1. The van der Waals surface area contributed by atoms with Crippen LogP contribution in [0, 0.1) is 13.8 Å². The average Bonchev–Trinajstić information content (AvgIpc) is 3.06. The molecule has 32 heavy (non-hydrogen) atoms. The first-order valence-corrected chi connectivity index (χ1v) is 11.5. The minimum absolute atomic E-state index is 0.00639. The first-order chi connectivity index (χ1) is 15.2. The number of hydrogen-bond donors (Lipinski definition) is 1. The van der Waals surface area contributed by atoms with Gasteiger partial charge in [-0.3, -0.25) is 9.48 Å². The number of morpholine rings is 1. The van der Waals surface area contributed by atoms with E-state index in [-0.39, 0.29) is 29.6 Å². The third kappa shape index (κ3) is 3.94. The molecule has 1 N–H and O–H groups in total. The van der Waals surface area contributed by atoms with E-state index in [0.29, 0.717) is 35.8 Å². The average molecular weight is 460 g/mol. The molecule has 0 bridgehead atoms. The van der Waals surface area contributed by atoms with Gasteiger partial charge in [0.05, 0.1) is 37.3 Å². The largest absolute Gasteiger partial charge is 0.495 e. The Morgan fingerprint density at radius 3 is 2.56 bits per heavy atom. The van der Waals surface area contributed by atoms with Gasteiger partial charge in [0.25, 0.3) is 5.91 Å². The SMILES string of the molecule is COc1ccc(NC(=O)c2cc3c(C)nn(C)c3nc2C)cc1S(=O)(=O)N1CCOCC1. The molecule has 170 valence electrons. The molecule has 1 aliphatic rings. The molecular weight excluding hydrogens is 434 g/mol. The van der Waals surface area contributed by atoms with E-state index in [1.54, 1.807) is 30.8 Å². The van der Waals surface area contributed by atoms with Gasteiger partial charge in [0.2, 0.25) is 10.0 Å². The number of pyridine rings is 1. The van der Waals surface area contributed by atoms with Crippen molar-refractivity contribution in [3.05, 3.63) is 41.2 Å². The number of anilines is 1. The van der Waals surface area contributed by atoms with Crippen LogP contribution in [0.4, 0.5) is 5.69 Å². The molecule has 1 fully saturated rings. The summed E-state index contributed by atoms with van der Waals surface area (Å²) in [6, 6.07) is 6.30. The molecule has 3 aromatic rings. The molecule has 0 spiro atoms. The lowest BCUT2D eigenvalue weighted by molar-refractivity contribution is 0.0729. The maximum atomic E-state index is 13.2. The van der Waals surface area contributed by atoms with Crippen LogP contribution in [-0.4, -0.2) is 66.8 Å². The molecule has 1 aromatic carbocycles. The van der Waals surface area contributed by atoms with Crippen molar-refractivity contribution >= 4 is 32.7 Å². The van der Waals surface area contributed by atoms with Crippen LogP contribution in [0.25, 0.3) is 11.0 Å². The number of amides is 1. The number of nitrogens with one attached hydrogen (secondary N) is 1. The monoisotopic (exact) mass is 459 g/mol. The number of sulfonamides is 1. The van der Waals surface area contributed by atoms with E-state index in [9.17, 15) is 13.2 Å². The van der Waals surface area contributed by atoms with E-state index >= 15 is 0 Å². The highest BCUT2D eigenvalue weighted by Gasteiger charge is 2.29. The minimum Gasteiger partial charge on any atom is -0.495 e. The minimum atomic E-state index is -3.81. The van der Waals surface area contributed by atoms with Crippen molar-refractivity contribution < 1.29 is 22.7 Å². The third-order valence-corrected chi connectivity index (χ3v) is 7.36. The molecule has 1 aliphatic heterocycles. The van der Waals surface area contributed by atoms with Crippen LogP contribution in [0.3, 0.4) is 0 Å². The van der Waals surface area contributed by atoms with Gasteiger partial charge in [-0.25, -0.2) is 13.4 Å². The maximum absolute atomic E-state index is 13.2. The Balaban J connectivity index is 1.67. The van der Waals surface area contributed by atoms with Crippen LogP contribution in [-0.2, 0) is 21.8 Å². The lowest BCUT2D eigenvalue weighted by atomic mass is 10.1. The summed E-state index contributed by atoms with van der Waals surface area (Å²) < 4.78 is 39.9. The fraction of sp³-hybridized carbons (Fsp3) is 0.381. The fourth-order valence-electron chi connectivity index (χ4n) is 3.74. The predicted octanol–water partition coefficient (Wildman–Crippen LogP) is 1.87. The zero-order chi connectivity index (χ0) is 23.0. The van der Waals surface area contributed by atoms with Crippen LogP contribution in [0.5, 0.6) is 5.75 Å². The standard InChI is InChI=1S/C21H25N5O5S/c1-13-17(12-16-14(2)24-25(3)20(16)22-13)21(27)23-15-5-6-18(30-4)19(11-15)32(28,29)26-7-9-31-10-8-26/h5-6,11-12H,7-10H2,1-4H3,(H,23,27). The van der Waals surface area contributed by atoms with E-state index < -0.39 is 10.0 Å². The number of fused-ring (bicyclic) bond motifs is 1. The molecule has 3 heterocycles. The normalized spacial score (nSPS) is 15.1. The van der Waals surface area contributed by atoms with Gasteiger partial charge in [-0.15, -0.1) is 0 Å². The zero-order valence-corrected chi connectivity index (χ0v) is 19.2. The van der Waals surface area contributed by atoms with Crippen molar-refractivity contribution in [1.82, 2.24) is 19.1 Å². The number of carbonyl (C=O) groups is 1. The van der Waals surface area contributed by atoms with E-state index in [2.05, 4.69) is 15.4 Å². The molecule has 2 aromatic heterocycles. The summed E-state index contributed by atoms with van der Waals surface area (Å²) in [5, 5.41) is 7.92. The second-order valence-electron chi connectivity index (χ2n) is 7.54. The molecule has 11 heteroatoms. The Morgan fingerprint density at radius 2 is 1.88 bits per heavy atom. The predicted molar refractivity (Wildman–Crippen MR) is 119 cm³/mol. The number of rotatable bonds is 5. The Hall–Kier alpha value is -3.02. The summed E-state index contributed by atoms with van der Waals surface area (Å²) in [5.74, 6) is -0.181. The topological polar surface area (TPSA) is 116 Å². The van der Waals surface area contributed by atoms with Crippen molar-refractivity contribution in [3.63, 3.8) is 0 Å². The van der Waals surface area contributed by atoms with Crippen molar-refractivity contribution in [2.75, 3.05) is 38.7 Å². The summed E-state index contributed by atoms with van der Waals surface area (Å²) in [6.07, 6.45) is 0. The van der Waals surface area contributed by atoms with Gasteiger partial charge in [0.1, 0.15) is 10.6 Å². The highest BCUT2D eigenvalue weighted by Crippen LogP contribution is 2.30. The summed E-state index contributed by atoms with van der Waals surface area (Å²) in [5.41, 5.74) is 2.74. The quantitative estimate of drug-likeness (QED) is 0.619. The highest BCUT2D eigenvalue weighted by atomic mass is 32.2. The number of methoxy groups -OCH3 is 1. The molecule has 4 rings (SSSR count). The molecular formula is C21H25N5O5S. The van der Waals surface area contributed by atoms with Crippen molar-refractivity contribution in [2.45, 2.75) is 18.7 Å². The molecule has 0 saturated carbocycles. The molecule has 10 nitrogen and oxygen atoms in total.